The fourth-order valence-corrected chi connectivity index (χ4v) is 5.54. The van der Waals surface area contributed by atoms with Crippen LogP contribution in [0.1, 0.15) is 17.5 Å². The predicted octanol–water partition coefficient (Wildman–Crippen LogP) is 5.02. The third kappa shape index (κ3) is 5.15. The Labute approximate surface area is 192 Å². The van der Waals surface area contributed by atoms with Crippen LogP contribution in [0.4, 0.5) is 10.8 Å². The number of amides is 1. The van der Waals surface area contributed by atoms with Crippen LogP contribution < -0.4 is 9.64 Å². The van der Waals surface area contributed by atoms with Gasteiger partial charge in [0.05, 0.1) is 18.5 Å². The van der Waals surface area contributed by atoms with E-state index < -0.39 is 0 Å². The third-order valence-electron chi connectivity index (χ3n) is 4.48. The number of benzene rings is 1. The highest BCUT2D eigenvalue weighted by Gasteiger charge is 2.21. The van der Waals surface area contributed by atoms with Crippen molar-refractivity contribution in [1.82, 2.24) is 19.7 Å². The van der Waals surface area contributed by atoms with E-state index in [9.17, 15) is 4.79 Å². The molecule has 0 radical (unpaired) electrons. The maximum absolute atomic E-state index is 12.4. The van der Waals surface area contributed by atoms with E-state index in [2.05, 4.69) is 32.3 Å². The number of nitrogens with zero attached hydrogens (tertiary/aromatic N) is 5. The summed E-state index contributed by atoms with van der Waals surface area (Å²) in [7, 11) is 1.59. The van der Waals surface area contributed by atoms with Gasteiger partial charge in [0, 0.05) is 29.5 Å². The fraction of sp³-hybridized carbons (Fsp3) is 0.238. The molecule has 31 heavy (non-hydrogen) atoms. The third-order valence-corrected chi connectivity index (χ3v) is 7.31. The molecule has 0 atom stereocenters. The molecule has 1 amide bonds. The van der Waals surface area contributed by atoms with Gasteiger partial charge < -0.3 is 9.30 Å². The summed E-state index contributed by atoms with van der Waals surface area (Å²) in [6, 6.07) is 11.6. The summed E-state index contributed by atoms with van der Waals surface area (Å²) in [6.45, 7) is 2.36. The molecule has 7 nitrogen and oxygen atoms in total. The quantitative estimate of drug-likeness (QED) is 0.319. The largest absolute Gasteiger partial charge is 0.495 e. The normalized spacial score (nSPS) is 10.9. The van der Waals surface area contributed by atoms with Crippen LogP contribution in [0.3, 0.4) is 0 Å². The summed E-state index contributed by atoms with van der Waals surface area (Å²) in [6.07, 6.45) is 2.72. The number of aryl methyl sites for hydroxylation is 2. The van der Waals surface area contributed by atoms with Gasteiger partial charge in [-0.05, 0) is 30.0 Å². The number of thiazole rings is 1. The number of anilines is 2. The number of para-hydroxylation sites is 2. The van der Waals surface area contributed by atoms with Crippen molar-refractivity contribution in [3.05, 3.63) is 64.1 Å². The van der Waals surface area contributed by atoms with E-state index in [-0.39, 0.29) is 5.91 Å². The second-order valence-electron chi connectivity index (χ2n) is 6.57. The number of rotatable bonds is 9. The van der Waals surface area contributed by atoms with E-state index in [0.717, 1.165) is 23.8 Å². The Kier molecular flexibility index (Phi) is 7.00. The molecule has 0 aliphatic rings. The molecule has 0 fully saturated rings. The molecule has 0 aliphatic heterocycles. The minimum atomic E-state index is -0.119. The van der Waals surface area contributed by atoms with E-state index >= 15 is 0 Å². The van der Waals surface area contributed by atoms with Crippen LogP contribution in [0, 0.1) is 0 Å². The van der Waals surface area contributed by atoms with Crippen LogP contribution >= 0.6 is 34.4 Å². The maximum atomic E-state index is 12.4. The number of carbonyl (C=O) groups excluding carboxylic acids is 1. The molecular formula is C21H21N5O2S3. The molecule has 1 aromatic carbocycles. The molecule has 0 N–H and O–H groups in total. The minimum Gasteiger partial charge on any atom is -0.495 e. The Morgan fingerprint density at radius 3 is 2.87 bits per heavy atom. The molecule has 160 valence electrons. The van der Waals surface area contributed by atoms with Gasteiger partial charge in [0.25, 0.3) is 0 Å². The van der Waals surface area contributed by atoms with Crippen molar-refractivity contribution in [1.29, 1.82) is 0 Å². The molecule has 3 aromatic heterocycles. The number of thiophene rings is 1. The molecular weight excluding hydrogens is 450 g/mol. The number of aromatic nitrogens is 4. The van der Waals surface area contributed by atoms with Crippen molar-refractivity contribution >= 4 is 51.2 Å². The molecule has 10 heteroatoms. The summed E-state index contributed by atoms with van der Waals surface area (Å²) >= 11 is 4.78. The zero-order valence-electron chi connectivity index (χ0n) is 17.1. The number of hydrogen-bond acceptors (Lipinski definition) is 8. The number of hydrogen-bond donors (Lipinski definition) is 0. The van der Waals surface area contributed by atoms with Gasteiger partial charge in [-0.25, -0.2) is 4.98 Å². The molecule has 0 saturated carbocycles. The molecule has 0 saturated heterocycles. The zero-order chi connectivity index (χ0) is 21.6. The predicted molar refractivity (Wildman–Crippen MR) is 126 cm³/mol. The molecule has 4 rings (SSSR count). The molecule has 0 aliphatic carbocycles. The lowest BCUT2D eigenvalue weighted by Gasteiger charge is -2.20. The topological polar surface area (TPSA) is 73.1 Å². The van der Waals surface area contributed by atoms with Gasteiger partial charge in [-0.15, -0.1) is 32.9 Å². The van der Waals surface area contributed by atoms with Crippen molar-refractivity contribution in [2.45, 2.75) is 30.8 Å². The fourth-order valence-electron chi connectivity index (χ4n) is 3.02. The van der Waals surface area contributed by atoms with E-state index in [1.54, 1.807) is 41.4 Å². The Balaban J connectivity index is 1.44. The summed E-state index contributed by atoms with van der Waals surface area (Å²) in [5.41, 5.74) is 1.57. The number of ether oxygens (including phenoxy) is 1. The molecule has 3 heterocycles. The SMILES string of the molecule is COc1ccccc1N(C(C)=O)c1nc(CSc2nncn2CCc2cccs2)cs1. The van der Waals surface area contributed by atoms with Gasteiger partial charge in [-0.2, -0.15) is 0 Å². The maximum Gasteiger partial charge on any atom is 0.230 e. The van der Waals surface area contributed by atoms with Crippen molar-refractivity contribution in [3.63, 3.8) is 0 Å². The average molecular weight is 472 g/mol. The molecule has 0 unspecified atom stereocenters. The highest BCUT2D eigenvalue weighted by molar-refractivity contribution is 7.98. The lowest BCUT2D eigenvalue weighted by Crippen LogP contribution is -2.23. The standard InChI is InChI=1S/C21H21N5O2S3/c1-15(27)26(18-7-3-4-8-19(18)28-2)20-23-16(12-30-20)13-31-21-24-22-14-25(21)10-9-17-6-5-11-29-17/h3-8,11-12,14H,9-10,13H2,1-2H3. The highest BCUT2D eigenvalue weighted by Crippen LogP contribution is 2.36. The van der Waals surface area contributed by atoms with E-state index in [0.29, 0.717) is 22.3 Å². The molecule has 0 bridgehead atoms. The second-order valence-corrected chi connectivity index (χ2v) is 9.38. The summed E-state index contributed by atoms with van der Waals surface area (Å²) in [4.78, 5) is 20.0. The highest BCUT2D eigenvalue weighted by atomic mass is 32.2. The van der Waals surface area contributed by atoms with Gasteiger partial charge in [0.2, 0.25) is 5.91 Å². The van der Waals surface area contributed by atoms with Crippen molar-refractivity contribution in [2.24, 2.45) is 0 Å². The lowest BCUT2D eigenvalue weighted by atomic mass is 10.2. The molecule has 0 spiro atoms. The average Bonchev–Trinajstić information content (AvgIpc) is 3.53. The van der Waals surface area contributed by atoms with E-state index in [1.165, 1.54) is 23.1 Å². The Bertz CT molecular complexity index is 1140. The van der Waals surface area contributed by atoms with Crippen molar-refractivity contribution < 1.29 is 9.53 Å². The van der Waals surface area contributed by atoms with Gasteiger partial charge in [-0.1, -0.05) is 30.0 Å². The Hall–Kier alpha value is -2.69. The van der Waals surface area contributed by atoms with Crippen molar-refractivity contribution in [3.8, 4) is 5.75 Å². The number of carbonyl (C=O) groups is 1. The summed E-state index contributed by atoms with van der Waals surface area (Å²) in [5.74, 6) is 1.15. The van der Waals surface area contributed by atoms with Gasteiger partial charge >= 0.3 is 0 Å². The Morgan fingerprint density at radius 2 is 2.10 bits per heavy atom. The van der Waals surface area contributed by atoms with Gasteiger partial charge in [0.1, 0.15) is 12.1 Å². The summed E-state index contributed by atoms with van der Waals surface area (Å²) in [5, 5.41) is 13.8. The van der Waals surface area contributed by atoms with Crippen LogP contribution in [0.25, 0.3) is 0 Å². The van der Waals surface area contributed by atoms with Gasteiger partial charge in [-0.3, -0.25) is 9.69 Å². The smallest absolute Gasteiger partial charge is 0.230 e. The monoisotopic (exact) mass is 471 g/mol. The van der Waals surface area contributed by atoms with E-state index in [4.69, 9.17) is 9.72 Å². The van der Waals surface area contributed by atoms with Crippen molar-refractivity contribution in [2.75, 3.05) is 12.0 Å². The van der Waals surface area contributed by atoms with Crippen LogP contribution in [0.5, 0.6) is 5.75 Å². The second kappa shape index (κ2) is 10.1. The first-order valence-corrected chi connectivity index (χ1v) is 12.3. The van der Waals surface area contributed by atoms with Crippen LogP contribution in [0.2, 0.25) is 0 Å². The number of thioether (sulfide) groups is 1. The van der Waals surface area contributed by atoms with Crippen LogP contribution in [0.15, 0.2) is 58.6 Å². The van der Waals surface area contributed by atoms with Crippen LogP contribution in [-0.2, 0) is 23.5 Å². The Morgan fingerprint density at radius 1 is 1.23 bits per heavy atom. The number of methoxy groups -OCH3 is 1. The first kappa shape index (κ1) is 21.5. The first-order valence-electron chi connectivity index (χ1n) is 9.57. The minimum absolute atomic E-state index is 0.119. The summed E-state index contributed by atoms with van der Waals surface area (Å²) < 4.78 is 7.49. The lowest BCUT2D eigenvalue weighted by molar-refractivity contribution is -0.115. The zero-order valence-corrected chi connectivity index (χ0v) is 19.5. The first-order chi connectivity index (χ1) is 15.2. The van der Waals surface area contributed by atoms with Gasteiger partial charge in [0.15, 0.2) is 10.3 Å². The van der Waals surface area contributed by atoms with Crippen LogP contribution in [-0.4, -0.2) is 32.8 Å². The van der Waals surface area contributed by atoms with E-state index in [1.807, 2.05) is 29.6 Å². The molecule has 4 aromatic rings.